The van der Waals surface area contributed by atoms with E-state index in [9.17, 15) is 9.59 Å². The summed E-state index contributed by atoms with van der Waals surface area (Å²) in [5, 5.41) is 3.29. The fourth-order valence-corrected chi connectivity index (χ4v) is 5.34. The number of nitrogens with one attached hydrogen (secondary N) is 1. The van der Waals surface area contributed by atoms with Gasteiger partial charge in [0.25, 0.3) is 11.5 Å². The third-order valence-electron chi connectivity index (χ3n) is 6.20. The highest BCUT2D eigenvalue weighted by molar-refractivity contribution is 8.26. The molecule has 0 saturated carbocycles. The highest BCUT2D eigenvalue weighted by Gasteiger charge is 2.33. The van der Waals surface area contributed by atoms with E-state index >= 15 is 0 Å². The van der Waals surface area contributed by atoms with E-state index in [1.807, 2.05) is 32.9 Å². The van der Waals surface area contributed by atoms with Gasteiger partial charge in [-0.3, -0.25) is 18.9 Å². The van der Waals surface area contributed by atoms with Gasteiger partial charge in [0.05, 0.1) is 16.6 Å². The largest absolute Gasteiger partial charge is 0.379 e. The van der Waals surface area contributed by atoms with Gasteiger partial charge < -0.3 is 10.1 Å². The van der Waals surface area contributed by atoms with E-state index < -0.39 is 0 Å². The Morgan fingerprint density at radius 3 is 2.69 bits per heavy atom. The van der Waals surface area contributed by atoms with Gasteiger partial charge in [-0.2, -0.15) is 0 Å². The molecule has 1 aliphatic rings. The van der Waals surface area contributed by atoms with E-state index in [0.29, 0.717) is 51.9 Å². The quantitative estimate of drug-likeness (QED) is 0.204. The Morgan fingerprint density at radius 2 is 2.00 bits per heavy atom. The zero-order valence-electron chi connectivity index (χ0n) is 22.0. The van der Waals surface area contributed by atoms with Crippen molar-refractivity contribution in [2.24, 2.45) is 5.92 Å². The summed E-state index contributed by atoms with van der Waals surface area (Å²) in [6, 6.07) is 3.75. The SMILES string of the molecule is CCCC[C@@H](CC)CN1C(=O)/C(=C/c2c(NCCCOC(C)C)nc3ccc(C)cn3c2=O)SC1=S. The summed E-state index contributed by atoms with van der Waals surface area (Å²) in [6.07, 6.45) is 8.71. The van der Waals surface area contributed by atoms with Crippen molar-refractivity contribution in [1.29, 1.82) is 0 Å². The number of nitrogens with zero attached hydrogens (tertiary/aromatic N) is 3. The number of fused-ring (bicyclic) bond motifs is 1. The fraction of sp³-hybridized carbons (Fsp3) is 0.556. The van der Waals surface area contributed by atoms with Crippen molar-refractivity contribution in [2.45, 2.75) is 72.8 Å². The molecule has 1 saturated heterocycles. The van der Waals surface area contributed by atoms with E-state index in [1.165, 1.54) is 16.2 Å². The van der Waals surface area contributed by atoms with Gasteiger partial charge in [0.2, 0.25) is 0 Å². The van der Waals surface area contributed by atoms with Crippen molar-refractivity contribution >= 4 is 51.7 Å². The standard InChI is InChI=1S/C27H38N4O3S2/c1-6-8-10-20(7-2)17-31-26(33)22(36-27(31)35)15-21-24(28-13-9-14-34-18(3)4)29-23-12-11-19(5)16-30(23)25(21)32/h11-12,15-16,18,20,28H,6-10,13-14,17H2,1-5H3/b22-15-/t20-/m1/s1. The van der Waals surface area contributed by atoms with Crippen LogP contribution >= 0.6 is 24.0 Å². The van der Waals surface area contributed by atoms with Gasteiger partial charge in [-0.1, -0.05) is 63.2 Å². The molecule has 0 radical (unpaired) electrons. The first kappa shape index (κ1) is 28.3. The minimum absolute atomic E-state index is 0.134. The number of anilines is 1. The van der Waals surface area contributed by atoms with Crippen molar-refractivity contribution in [3.8, 4) is 0 Å². The predicted octanol–water partition coefficient (Wildman–Crippen LogP) is 5.65. The predicted molar refractivity (Wildman–Crippen MR) is 154 cm³/mol. The Bertz CT molecular complexity index is 1180. The van der Waals surface area contributed by atoms with Crippen LogP contribution in [0.2, 0.25) is 0 Å². The zero-order chi connectivity index (χ0) is 26.2. The molecule has 0 aliphatic carbocycles. The van der Waals surface area contributed by atoms with E-state index in [2.05, 4.69) is 19.2 Å². The maximum absolute atomic E-state index is 13.5. The second kappa shape index (κ2) is 13.4. The monoisotopic (exact) mass is 530 g/mol. The van der Waals surface area contributed by atoms with E-state index in [0.717, 1.165) is 37.7 Å². The van der Waals surface area contributed by atoms with Crippen LogP contribution in [0.1, 0.15) is 70.9 Å². The lowest BCUT2D eigenvalue weighted by molar-refractivity contribution is -0.122. The topological polar surface area (TPSA) is 75.9 Å². The minimum Gasteiger partial charge on any atom is -0.379 e. The Balaban J connectivity index is 1.91. The van der Waals surface area contributed by atoms with Gasteiger partial charge in [0.15, 0.2) is 0 Å². The molecule has 0 spiro atoms. The number of aromatic nitrogens is 2. The molecule has 36 heavy (non-hydrogen) atoms. The average Bonchev–Trinajstić information content (AvgIpc) is 3.10. The molecular weight excluding hydrogens is 492 g/mol. The van der Waals surface area contributed by atoms with E-state index in [4.69, 9.17) is 21.9 Å². The molecule has 0 unspecified atom stereocenters. The molecule has 3 heterocycles. The van der Waals surface area contributed by atoms with Crippen molar-refractivity contribution in [3.05, 3.63) is 44.7 Å². The molecule has 0 aromatic carbocycles. The summed E-state index contributed by atoms with van der Waals surface area (Å²) in [7, 11) is 0. The molecule has 7 nitrogen and oxygen atoms in total. The summed E-state index contributed by atoms with van der Waals surface area (Å²) in [5.41, 5.74) is 1.65. The highest BCUT2D eigenvalue weighted by atomic mass is 32.2. The zero-order valence-corrected chi connectivity index (χ0v) is 23.6. The molecular formula is C27H38N4O3S2. The number of unbranched alkanes of at least 4 members (excludes halogenated alkanes) is 1. The number of rotatable bonds is 13. The second-order valence-electron chi connectivity index (χ2n) is 9.52. The molecule has 1 atom stereocenters. The minimum atomic E-state index is -0.218. The van der Waals surface area contributed by atoms with Crippen LogP contribution in [0, 0.1) is 12.8 Å². The third-order valence-corrected chi connectivity index (χ3v) is 7.58. The Kier molecular flexibility index (Phi) is 10.5. The van der Waals surface area contributed by atoms with Gasteiger partial charge in [0.1, 0.15) is 15.8 Å². The van der Waals surface area contributed by atoms with Crippen LogP contribution in [-0.2, 0) is 9.53 Å². The van der Waals surface area contributed by atoms with Crippen LogP contribution in [-0.4, -0.2) is 50.3 Å². The van der Waals surface area contributed by atoms with E-state index in [1.54, 1.807) is 17.2 Å². The number of carbonyl (C=O) groups excluding carboxylic acids is 1. The van der Waals surface area contributed by atoms with Crippen LogP contribution in [0.25, 0.3) is 11.7 Å². The van der Waals surface area contributed by atoms with Crippen LogP contribution < -0.4 is 10.9 Å². The molecule has 1 N–H and O–H groups in total. The summed E-state index contributed by atoms with van der Waals surface area (Å²) >= 11 is 6.83. The van der Waals surface area contributed by atoms with Gasteiger partial charge in [-0.05, 0) is 57.2 Å². The smallest absolute Gasteiger partial charge is 0.267 e. The number of thiocarbonyl (C=S) groups is 1. The molecule has 9 heteroatoms. The molecule has 1 fully saturated rings. The maximum atomic E-state index is 13.5. The number of pyridine rings is 1. The Hall–Kier alpha value is -2.23. The van der Waals surface area contributed by atoms with Crippen molar-refractivity contribution < 1.29 is 9.53 Å². The van der Waals surface area contributed by atoms with Crippen molar-refractivity contribution in [3.63, 3.8) is 0 Å². The number of ether oxygens (including phenoxy) is 1. The highest BCUT2D eigenvalue weighted by Crippen LogP contribution is 2.34. The number of aryl methyl sites for hydroxylation is 1. The fourth-order valence-electron chi connectivity index (χ4n) is 4.09. The van der Waals surface area contributed by atoms with Crippen LogP contribution in [0.3, 0.4) is 0 Å². The van der Waals surface area contributed by atoms with Crippen LogP contribution in [0.15, 0.2) is 28.0 Å². The number of hydrogen-bond donors (Lipinski definition) is 1. The summed E-state index contributed by atoms with van der Waals surface area (Å²) in [6.45, 7) is 12.1. The normalized spacial score (nSPS) is 16.1. The number of thioether (sulfide) groups is 1. The Morgan fingerprint density at radius 1 is 1.22 bits per heavy atom. The lowest BCUT2D eigenvalue weighted by atomic mass is 9.99. The van der Waals surface area contributed by atoms with Crippen molar-refractivity contribution in [1.82, 2.24) is 14.3 Å². The average molecular weight is 531 g/mol. The van der Waals surface area contributed by atoms with Gasteiger partial charge >= 0.3 is 0 Å². The van der Waals surface area contributed by atoms with Crippen molar-refractivity contribution in [2.75, 3.05) is 25.0 Å². The molecule has 196 valence electrons. The summed E-state index contributed by atoms with van der Waals surface area (Å²) in [5.74, 6) is 0.742. The molecule has 1 aliphatic heterocycles. The third kappa shape index (κ3) is 7.17. The van der Waals surface area contributed by atoms with Crippen LogP contribution in [0.4, 0.5) is 5.82 Å². The number of amides is 1. The summed E-state index contributed by atoms with van der Waals surface area (Å²) < 4.78 is 7.70. The lowest BCUT2D eigenvalue weighted by Crippen LogP contribution is -2.33. The van der Waals surface area contributed by atoms with Gasteiger partial charge in [0, 0.05) is 25.9 Å². The van der Waals surface area contributed by atoms with E-state index in [-0.39, 0.29) is 17.6 Å². The number of hydrogen-bond acceptors (Lipinski definition) is 7. The molecule has 2 aromatic heterocycles. The van der Waals surface area contributed by atoms with Crippen LogP contribution in [0.5, 0.6) is 0 Å². The first-order chi connectivity index (χ1) is 17.2. The van der Waals surface area contributed by atoms with Gasteiger partial charge in [-0.25, -0.2) is 4.98 Å². The lowest BCUT2D eigenvalue weighted by Gasteiger charge is -2.21. The molecule has 3 rings (SSSR count). The first-order valence-corrected chi connectivity index (χ1v) is 14.1. The molecule has 0 bridgehead atoms. The Labute approximate surface area is 223 Å². The molecule has 1 amide bonds. The molecule has 2 aromatic rings. The first-order valence-electron chi connectivity index (χ1n) is 12.9. The second-order valence-corrected chi connectivity index (χ2v) is 11.2. The number of carbonyl (C=O) groups is 1. The maximum Gasteiger partial charge on any atom is 0.267 e. The van der Waals surface area contributed by atoms with Gasteiger partial charge in [-0.15, -0.1) is 0 Å². The summed E-state index contributed by atoms with van der Waals surface area (Å²) in [4.78, 5) is 33.7.